The highest BCUT2D eigenvalue weighted by molar-refractivity contribution is 6.55. The number of imide groups is 2. The second-order valence-corrected chi connectivity index (χ2v) is 6.77. The second-order valence-electron chi connectivity index (χ2n) is 5.26. The Balaban J connectivity index is 0.000000159. The van der Waals surface area contributed by atoms with E-state index in [1.165, 1.54) is 12.1 Å². The van der Waals surface area contributed by atoms with Crippen LogP contribution < -0.4 is 5.32 Å². The molecule has 0 bridgehead atoms. The lowest BCUT2D eigenvalue weighted by Gasteiger charge is -2.06. The second kappa shape index (κ2) is 7.10. The number of fused-ring (bicyclic) bond motifs is 2. The Morgan fingerprint density at radius 3 is 1.44 bits per heavy atom. The minimum Gasteiger partial charge on any atom is -0.288 e. The first-order valence-electron chi connectivity index (χ1n) is 7.05. The summed E-state index contributed by atoms with van der Waals surface area (Å²) in [4.78, 5) is 44.8. The zero-order chi connectivity index (χ0) is 20.0. The van der Waals surface area contributed by atoms with Gasteiger partial charge in [-0.25, -0.2) is 0 Å². The SMILES string of the molecule is O=C1NC(=O)c2c(Cl)c(Cl)c(Cl)c(Cl)c21.O=C1c2ccccc2C(=O)N1O. The van der Waals surface area contributed by atoms with E-state index in [0.717, 1.165) is 0 Å². The number of amides is 4. The van der Waals surface area contributed by atoms with Gasteiger partial charge in [0.25, 0.3) is 23.6 Å². The average molecular weight is 448 g/mol. The quantitative estimate of drug-likeness (QED) is 0.276. The molecule has 138 valence electrons. The van der Waals surface area contributed by atoms with Gasteiger partial charge < -0.3 is 0 Å². The number of carbonyl (C=O) groups excluding carboxylic acids is 4. The van der Waals surface area contributed by atoms with Crippen molar-refractivity contribution in [3.63, 3.8) is 0 Å². The highest BCUT2D eigenvalue weighted by Crippen LogP contribution is 2.42. The molecule has 2 aromatic rings. The third-order valence-electron chi connectivity index (χ3n) is 3.72. The molecule has 2 N–H and O–H groups in total. The van der Waals surface area contributed by atoms with Crippen molar-refractivity contribution < 1.29 is 24.4 Å². The van der Waals surface area contributed by atoms with Crippen molar-refractivity contribution in [1.29, 1.82) is 0 Å². The number of nitrogens with zero attached hydrogens (tertiary/aromatic N) is 1. The van der Waals surface area contributed by atoms with Gasteiger partial charge in [0.1, 0.15) is 0 Å². The maximum absolute atomic E-state index is 11.3. The monoisotopic (exact) mass is 446 g/mol. The first-order valence-corrected chi connectivity index (χ1v) is 8.56. The molecular formula is C16H6Cl4N2O5. The summed E-state index contributed by atoms with van der Waals surface area (Å²) in [6.07, 6.45) is 0. The van der Waals surface area contributed by atoms with Crippen molar-refractivity contribution in [2.45, 2.75) is 0 Å². The molecule has 2 aromatic carbocycles. The predicted octanol–water partition coefficient (Wildman–Crippen LogP) is 3.86. The molecular weight excluding hydrogens is 442 g/mol. The smallest absolute Gasteiger partial charge is 0.285 e. The summed E-state index contributed by atoms with van der Waals surface area (Å²) < 4.78 is 0. The highest BCUT2D eigenvalue weighted by Gasteiger charge is 2.35. The van der Waals surface area contributed by atoms with Crippen LogP contribution in [0, 0.1) is 0 Å². The molecule has 2 aliphatic rings. The molecule has 2 aliphatic heterocycles. The molecule has 7 nitrogen and oxygen atoms in total. The van der Waals surface area contributed by atoms with E-state index in [-0.39, 0.29) is 47.4 Å². The van der Waals surface area contributed by atoms with Crippen LogP contribution >= 0.6 is 46.4 Å². The largest absolute Gasteiger partial charge is 0.288 e. The van der Waals surface area contributed by atoms with Crippen LogP contribution in [0.4, 0.5) is 0 Å². The molecule has 0 radical (unpaired) electrons. The lowest BCUT2D eigenvalue weighted by molar-refractivity contribution is -0.0327. The maximum Gasteiger partial charge on any atom is 0.285 e. The maximum atomic E-state index is 11.3. The van der Waals surface area contributed by atoms with Gasteiger partial charge in [0.15, 0.2) is 0 Å². The van der Waals surface area contributed by atoms with Crippen LogP contribution in [-0.4, -0.2) is 33.9 Å². The normalized spacial score (nSPS) is 14.6. The summed E-state index contributed by atoms with van der Waals surface area (Å²) in [5.41, 5.74) is 0.456. The molecule has 11 heteroatoms. The number of hydrogen-bond acceptors (Lipinski definition) is 5. The zero-order valence-electron chi connectivity index (χ0n) is 12.8. The van der Waals surface area contributed by atoms with E-state index in [0.29, 0.717) is 0 Å². The highest BCUT2D eigenvalue weighted by atomic mass is 35.5. The van der Waals surface area contributed by atoms with E-state index in [2.05, 4.69) is 5.32 Å². The van der Waals surface area contributed by atoms with Gasteiger partial charge >= 0.3 is 0 Å². The van der Waals surface area contributed by atoms with Gasteiger partial charge in [0, 0.05) is 0 Å². The molecule has 4 amide bonds. The Hall–Kier alpha value is -2.16. The van der Waals surface area contributed by atoms with Crippen LogP contribution in [0.3, 0.4) is 0 Å². The first kappa shape index (κ1) is 19.6. The van der Waals surface area contributed by atoms with Gasteiger partial charge in [-0.1, -0.05) is 58.5 Å². The molecule has 0 saturated carbocycles. The van der Waals surface area contributed by atoms with Crippen molar-refractivity contribution in [2.24, 2.45) is 0 Å². The number of halogens is 4. The number of hydroxylamine groups is 2. The molecule has 2 heterocycles. The lowest BCUT2D eigenvalue weighted by atomic mass is 10.1. The van der Waals surface area contributed by atoms with E-state index in [1.54, 1.807) is 12.1 Å². The minimum absolute atomic E-state index is 0.0268. The number of benzene rings is 2. The zero-order valence-corrected chi connectivity index (χ0v) is 15.9. The third kappa shape index (κ3) is 3.07. The van der Waals surface area contributed by atoms with Crippen LogP contribution in [0.15, 0.2) is 24.3 Å². The molecule has 4 rings (SSSR count). The first-order chi connectivity index (χ1) is 12.7. The van der Waals surface area contributed by atoms with Crippen molar-refractivity contribution in [3.05, 3.63) is 66.6 Å². The Morgan fingerprint density at radius 2 is 1.07 bits per heavy atom. The topological polar surface area (TPSA) is 104 Å². The molecule has 0 aliphatic carbocycles. The molecule has 0 atom stereocenters. The summed E-state index contributed by atoms with van der Waals surface area (Å²) in [6, 6.07) is 6.30. The van der Waals surface area contributed by atoms with E-state index in [9.17, 15) is 19.2 Å². The summed E-state index contributed by atoms with van der Waals surface area (Å²) in [6.45, 7) is 0. The number of rotatable bonds is 0. The molecule has 27 heavy (non-hydrogen) atoms. The Morgan fingerprint density at radius 1 is 0.704 bits per heavy atom. The van der Waals surface area contributed by atoms with Crippen LogP contribution in [-0.2, 0) is 0 Å². The standard InChI is InChI=1S/C8HCl4NO2.C8H5NO3/c9-3-1-2(8(15)13-7(1)14)4(10)6(12)5(3)11;10-7-5-3-1-2-4-6(5)8(11)9(7)12/h(H,13,14,15);1-4,12H. The van der Waals surface area contributed by atoms with Crippen molar-refractivity contribution in [3.8, 4) is 0 Å². The van der Waals surface area contributed by atoms with Crippen molar-refractivity contribution in [2.75, 3.05) is 0 Å². The third-order valence-corrected chi connectivity index (χ3v) is 5.52. The molecule has 0 fully saturated rings. The fraction of sp³-hybridized carbons (Fsp3) is 0. The molecule has 0 saturated heterocycles. The fourth-order valence-electron chi connectivity index (χ4n) is 2.46. The molecule has 0 spiro atoms. The van der Waals surface area contributed by atoms with E-state index in [4.69, 9.17) is 51.6 Å². The van der Waals surface area contributed by atoms with E-state index in [1.807, 2.05) is 0 Å². The van der Waals surface area contributed by atoms with Gasteiger partial charge in [0.05, 0.1) is 42.3 Å². The van der Waals surface area contributed by atoms with Crippen LogP contribution in [0.5, 0.6) is 0 Å². The lowest BCUT2D eigenvalue weighted by Crippen LogP contribution is -2.25. The van der Waals surface area contributed by atoms with Gasteiger partial charge in [-0.3, -0.25) is 29.7 Å². The Labute approximate surface area is 171 Å². The van der Waals surface area contributed by atoms with Gasteiger partial charge in [-0.15, -0.1) is 5.06 Å². The van der Waals surface area contributed by atoms with Crippen LogP contribution in [0.1, 0.15) is 41.4 Å². The van der Waals surface area contributed by atoms with E-state index < -0.39 is 23.6 Å². The fourth-order valence-corrected chi connectivity index (χ4v) is 3.49. The molecule has 0 unspecified atom stereocenters. The summed E-state index contributed by atoms with van der Waals surface area (Å²) in [5.74, 6) is -2.56. The van der Waals surface area contributed by atoms with Crippen molar-refractivity contribution in [1.82, 2.24) is 10.4 Å². The summed E-state index contributed by atoms with van der Waals surface area (Å²) >= 11 is 23.1. The van der Waals surface area contributed by atoms with Crippen molar-refractivity contribution >= 4 is 70.0 Å². The number of nitrogens with one attached hydrogen (secondary N) is 1. The average Bonchev–Trinajstić information content (AvgIpc) is 3.07. The van der Waals surface area contributed by atoms with Crippen LogP contribution in [0.25, 0.3) is 0 Å². The van der Waals surface area contributed by atoms with Gasteiger partial charge in [-0.05, 0) is 12.1 Å². The summed E-state index contributed by atoms with van der Waals surface area (Å²) in [5, 5.41) is 10.9. The van der Waals surface area contributed by atoms with Crippen LogP contribution in [0.2, 0.25) is 20.1 Å². The number of hydrogen-bond donors (Lipinski definition) is 2. The molecule has 0 aromatic heterocycles. The minimum atomic E-state index is -0.657. The van der Waals surface area contributed by atoms with Gasteiger partial charge in [-0.2, -0.15) is 0 Å². The summed E-state index contributed by atoms with van der Waals surface area (Å²) in [7, 11) is 0. The predicted molar refractivity (Wildman–Crippen MR) is 97.0 cm³/mol. The van der Waals surface area contributed by atoms with Gasteiger partial charge in [0.2, 0.25) is 0 Å². The Kier molecular flexibility index (Phi) is 5.16. The number of carbonyl (C=O) groups is 4. The van der Waals surface area contributed by atoms with E-state index >= 15 is 0 Å². The Bertz CT molecular complexity index is 974.